The summed E-state index contributed by atoms with van der Waals surface area (Å²) in [6, 6.07) is 0.547. The molecule has 0 radical (unpaired) electrons. The Balaban J connectivity index is 1.67. The maximum Gasteiger partial charge on any atom is 0.393 e. The predicted octanol–water partition coefficient (Wildman–Crippen LogP) is 1.37. The lowest BCUT2D eigenvalue weighted by Gasteiger charge is -2.21. The van der Waals surface area contributed by atoms with Crippen LogP contribution in [0.5, 0.6) is 0 Å². The highest BCUT2D eigenvalue weighted by Gasteiger charge is 2.43. The van der Waals surface area contributed by atoms with Gasteiger partial charge in [0, 0.05) is 18.6 Å². The van der Waals surface area contributed by atoms with Crippen molar-refractivity contribution in [2.24, 2.45) is 5.92 Å². The number of alkyl halides is 3. The maximum atomic E-state index is 12.5. The molecule has 1 heterocycles. The van der Waals surface area contributed by atoms with Crippen molar-refractivity contribution in [3.63, 3.8) is 0 Å². The summed E-state index contributed by atoms with van der Waals surface area (Å²) in [5, 5.41) is 12.5. The molecule has 1 saturated carbocycles. The fourth-order valence-corrected chi connectivity index (χ4v) is 2.45. The van der Waals surface area contributed by atoms with E-state index in [2.05, 4.69) is 5.32 Å². The molecule has 6 heteroatoms. The topological polar surface area (TPSA) is 35.5 Å². The second-order valence-electron chi connectivity index (χ2n) is 5.44. The van der Waals surface area contributed by atoms with E-state index in [4.69, 9.17) is 0 Å². The lowest BCUT2D eigenvalue weighted by atomic mass is 10.1. The summed E-state index contributed by atoms with van der Waals surface area (Å²) in [6.07, 6.45) is -0.828. The molecule has 0 bridgehead atoms. The fourth-order valence-electron chi connectivity index (χ4n) is 2.45. The third-order valence-corrected chi connectivity index (χ3v) is 3.80. The quantitative estimate of drug-likeness (QED) is 0.762. The maximum absolute atomic E-state index is 12.5. The van der Waals surface area contributed by atoms with Crippen LogP contribution < -0.4 is 5.32 Å². The number of likely N-dealkylation sites (tertiary alicyclic amines) is 1. The van der Waals surface area contributed by atoms with Gasteiger partial charge >= 0.3 is 6.18 Å². The highest BCUT2D eigenvalue weighted by Crippen LogP contribution is 2.33. The molecule has 2 atom stereocenters. The average Bonchev–Trinajstić information content (AvgIpc) is 2.97. The van der Waals surface area contributed by atoms with Crippen LogP contribution in [0.15, 0.2) is 0 Å². The molecule has 2 unspecified atom stereocenters. The number of halogens is 3. The summed E-state index contributed by atoms with van der Waals surface area (Å²) in [7, 11) is 0. The third-order valence-electron chi connectivity index (χ3n) is 3.80. The Morgan fingerprint density at radius 1 is 1.28 bits per heavy atom. The van der Waals surface area contributed by atoms with E-state index in [1.165, 1.54) is 0 Å². The monoisotopic (exact) mass is 266 g/mol. The van der Waals surface area contributed by atoms with Gasteiger partial charge in [-0.1, -0.05) is 0 Å². The van der Waals surface area contributed by atoms with Crippen molar-refractivity contribution in [1.29, 1.82) is 0 Å². The number of nitrogens with zero attached hydrogens (tertiary/aromatic N) is 1. The molecule has 1 aliphatic heterocycles. The van der Waals surface area contributed by atoms with Crippen molar-refractivity contribution < 1.29 is 18.3 Å². The van der Waals surface area contributed by atoms with E-state index in [1.54, 1.807) is 0 Å². The molecule has 1 aliphatic carbocycles. The number of rotatable bonds is 6. The van der Waals surface area contributed by atoms with Crippen LogP contribution in [0.1, 0.15) is 25.7 Å². The lowest BCUT2D eigenvalue weighted by molar-refractivity contribution is -0.170. The second-order valence-corrected chi connectivity index (χ2v) is 5.44. The minimum atomic E-state index is -4.06. The summed E-state index contributed by atoms with van der Waals surface area (Å²) < 4.78 is 37.5. The molecule has 0 aromatic carbocycles. The summed E-state index contributed by atoms with van der Waals surface area (Å²) in [5.41, 5.74) is 0. The van der Waals surface area contributed by atoms with E-state index >= 15 is 0 Å². The van der Waals surface area contributed by atoms with E-state index in [0.29, 0.717) is 19.1 Å². The van der Waals surface area contributed by atoms with Crippen LogP contribution >= 0.6 is 0 Å². The average molecular weight is 266 g/mol. The number of nitrogens with one attached hydrogen (secondary N) is 1. The van der Waals surface area contributed by atoms with Crippen LogP contribution in [0.2, 0.25) is 0 Å². The SMILES string of the molecule is OCC(CCN1CCC(C(F)(F)F)C1)NC1CC1. The van der Waals surface area contributed by atoms with Crippen molar-refractivity contribution in [2.75, 3.05) is 26.2 Å². The number of aliphatic hydroxyl groups excluding tert-OH is 1. The van der Waals surface area contributed by atoms with E-state index in [9.17, 15) is 18.3 Å². The largest absolute Gasteiger partial charge is 0.395 e. The van der Waals surface area contributed by atoms with E-state index < -0.39 is 12.1 Å². The van der Waals surface area contributed by atoms with Crippen LogP contribution in [0.25, 0.3) is 0 Å². The first kappa shape index (κ1) is 14.1. The summed E-state index contributed by atoms with van der Waals surface area (Å²) >= 11 is 0. The summed E-state index contributed by atoms with van der Waals surface area (Å²) in [6.45, 7) is 1.33. The van der Waals surface area contributed by atoms with Crippen molar-refractivity contribution in [3.05, 3.63) is 0 Å². The first-order valence-corrected chi connectivity index (χ1v) is 6.65. The minimum Gasteiger partial charge on any atom is -0.395 e. The van der Waals surface area contributed by atoms with E-state index in [1.807, 2.05) is 4.90 Å². The molecule has 18 heavy (non-hydrogen) atoms. The number of aliphatic hydroxyl groups is 1. The highest BCUT2D eigenvalue weighted by atomic mass is 19.4. The first-order valence-electron chi connectivity index (χ1n) is 6.65. The standard InChI is InChI=1S/C12H21F3N2O/c13-12(14,15)9-3-5-17(7-9)6-4-11(8-18)16-10-1-2-10/h9-11,16,18H,1-8H2. The molecule has 2 fully saturated rings. The Morgan fingerprint density at radius 2 is 2.00 bits per heavy atom. The molecule has 0 aromatic rings. The van der Waals surface area contributed by atoms with Gasteiger partial charge in [-0.3, -0.25) is 0 Å². The Hall–Kier alpha value is -0.330. The summed E-state index contributed by atoms with van der Waals surface area (Å²) in [4.78, 5) is 1.86. The first-order chi connectivity index (χ1) is 8.49. The molecule has 2 rings (SSSR count). The molecule has 2 aliphatic rings. The van der Waals surface area contributed by atoms with E-state index in [0.717, 1.165) is 19.3 Å². The van der Waals surface area contributed by atoms with Gasteiger partial charge in [0.05, 0.1) is 12.5 Å². The van der Waals surface area contributed by atoms with Gasteiger partial charge in [-0.05, 0) is 38.8 Å². The molecule has 106 valence electrons. The third kappa shape index (κ3) is 4.10. The molecule has 0 spiro atoms. The van der Waals surface area contributed by atoms with Crippen LogP contribution in [0, 0.1) is 5.92 Å². The molecule has 2 N–H and O–H groups in total. The van der Waals surface area contributed by atoms with Gasteiger partial charge < -0.3 is 15.3 Å². The van der Waals surface area contributed by atoms with Crippen LogP contribution in [-0.4, -0.2) is 54.5 Å². The highest BCUT2D eigenvalue weighted by molar-refractivity contribution is 4.86. The van der Waals surface area contributed by atoms with Gasteiger partial charge in [0.1, 0.15) is 0 Å². The zero-order chi connectivity index (χ0) is 13.2. The van der Waals surface area contributed by atoms with Crippen LogP contribution in [-0.2, 0) is 0 Å². The van der Waals surface area contributed by atoms with Gasteiger partial charge in [-0.15, -0.1) is 0 Å². The van der Waals surface area contributed by atoms with Crippen molar-refractivity contribution in [2.45, 2.75) is 43.9 Å². The Kier molecular flexibility index (Phi) is 4.50. The smallest absolute Gasteiger partial charge is 0.393 e. The molecular formula is C12H21F3N2O. The van der Waals surface area contributed by atoms with Gasteiger partial charge in [-0.2, -0.15) is 13.2 Å². The number of hydrogen-bond acceptors (Lipinski definition) is 3. The number of hydrogen-bond donors (Lipinski definition) is 2. The lowest BCUT2D eigenvalue weighted by Crippen LogP contribution is -2.38. The minimum absolute atomic E-state index is 0.0300. The predicted molar refractivity (Wildman–Crippen MR) is 62.3 cm³/mol. The molecule has 1 saturated heterocycles. The second kappa shape index (κ2) is 5.75. The van der Waals surface area contributed by atoms with Gasteiger partial charge in [0.25, 0.3) is 0 Å². The molecular weight excluding hydrogens is 245 g/mol. The van der Waals surface area contributed by atoms with E-state index in [-0.39, 0.29) is 25.6 Å². The van der Waals surface area contributed by atoms with Crippen molar-refractivity contribution in [1.82, 2.24) is 10.2 Å². The molecule has 0 amide bonds. The van der Waals surface area contributed by atoms with Crippen LogP contribution in [0.4, 0.5) is 13.2 Å². The van der Waals surface area contributed by atoms with Crippen molar-refractivity contribution >= 4 is 0 Å². The van der Waals surface area contributed by atoms with Crippen molar-refractivity contribution in [3.8, 4) is 0 Å². The normalized spacial score (nSPS) is 27.7. The van der Waals surface area contributed by atoms with Gasteiger partial charge in [-0.25, -0.2) is 0 Å². The Bertz CT molecular complexity index is 269. The molecule has 0 aromatic heterocycles. The zero-order valence-electron chi connectivity index (χ0n) is 10.4. The Labute approximate surface area is 105 Å². The Morgan fingerprint density at radius 3 is 2.50 bits per heavy atom. The van der Waals surface area contributed by atoms with Crippen LogP contribution in [0.3, 0.4) is 0 Å². The van der Waals surface area contributed by atoms with Gasteiger partial charge in [0.2, 0.25) is 0 Å². The molecule has 3 nitrogen and oxygen atoms in total. The van der Waals surface area contributed by atoms with Gasteiger partial charge in [0.15, 0.2) is 0 Å². The summed E-state index contributed by atoms with van der Waals surface area (Å²) in [5.74, 6) is -1.17. The zero-order valence-corrected chi connectivity index (χ0v) is 10.4. The fraction of sp³-hybridized carbons (Fsp3) is 1.00.